The molecule has 2 rings (SSSR count). The average molecular weight is 633 g/mol. The fourth-order valence-corrected chi connectivity index (χ4v) is 3.74. The molecule has 43 heavy (non-hydrogen) atoms. The monoisotopic (exact) mass is 632 g/mol. The van der Waals surface area contributed by atoms with Gasteiger partial charge in [0, 0.05) is 32.1 Å². The van der Waals surface area contributed by atoms with Crippen LogP contribution in [-0.2, 0) is 16.0 Å². The van der Waals surface area contributed by atoms with E-state index >= 15 is 0 Å². The lowest BCUT2D eigenvalue weighted by Gasteiger charge is -2.28. The van der Waals surface area contributed by atoms with Crippen molar-refractivity contribution in [2.75, 3.05) is 31.6 Å². The number of alkyl halides is 7. The van der Waals surface area contributed by atoms with Gasteiger partial charge in [-0.1, -0.05) is 12.1 Å². The summed E-state index contributed by atoms with van der Waals surface area (Å²) >= 11 is 0. The molecular formula is C27H29F9N2O5. The SMILES string of the molecule is CCOC(Cc1ccc(OCCN(CCCCC(F)(F)C(F)(F)C(F)(F)F)C(=O)Nc2ccc(F)cc2F)cc1)C(=O)O. The number of carboxylic acid groups (broad SMARTS) is 1. The first-order valence-corrected chi connectivity index (χ1v) is 12.9. The molecule has 16 heteroatoms. The fourth-order valence-electron chi connectivity index (χ4n) is 3.74. The number of hydrogen-bond acceptors (Lipinski definition) is 4. The highest BCUT2D eigenvalue weighted by Gasteiger charge is 2.72. The maximum atomic E-state index is 14.0. The van der Waals surface area contributed by atoms with Gasteiger partial charge in [-0.05, 0) is 49.6 Å². The van der Waals surface area contributed by atoms with Gasteiger partial charge in [-0.15, -0.1) is 0 Å². The molecule has 7 nitrogen and oxygen atoms in total. The number of aliphatic carboxylic acids is 1. The molecule has 240 valence electrons. The number of carboxylic acids is 1. The Morgan fingerprint density at radius 2 is 1.60 bits per heavy atom. The molecule has 1 atom stereocenters. The largest absolute Gasteiger partial charge is 0.492 e. The van der Waals surface area contributed by atoms with Gasteiger partial charge >= 0.3 is 30.0 Å². The zero-order chi connectivity index (χ0) is 32.4. The predicted octanol–water partition coefficient (Wildman–Crippen LogP) is 6.91. The molecule has 0 saturated carbocycles. The summed E-state index contributed by atoms with van der Waals surface area (Å²) in [5, 5.41) is 11.3. The van der Waals surface area contributed by atoms with Crippen molar-refractivity contribution in [3.8, 4) is 5.75 Å². The Bertz CT molecular complexity index is 1210. The number of urea groups is 1. The van der Waals surface area contributed by atoms with Crippen molar-refractivity contribution in [2.45, 2.75) is 56.7 Å². The zero-order valence-electron chi connectivity index (χ0n) is 22.7. The second kappa shape index (κ2) is 15.2. The van der Waals surface area contributed by atoms with E-state index in [9.17, 15) is 54.2 Å². The summed E-state index contributed by atoms with van der Waals surface area (Å²) in [4.78, 5) is 24.9. The fraction of sp³-hybridized carbons (Fsp3) is 0.481. The van der Waals surface area contributed by atoms with Crippen molar-refractivity contribution in [1.29, 1.82) is 0 Å². The van der Waals surface area contributed by atoms with Gasteiger partial charge in [0.05, 0.1) is 12.2 Å². The summed E-state index contributed by atoms with van der Waals surface area (Å²) in [5.41, 5.74) is 0.180. The summed E-state index contributed by atoms with van der Waals surface area (Å²) in [6.45, 7) is 0.931. The topological polar surface area (TPSA) is 88.1 Å². The molecule has 0 spiro atoms. The molecule has 2 amide bonds. The van der Waals surface area contributed by atoms with E-state index in [2.05, 4.69) is 5.32 Å². The summed E-state index contributed by atoms with van der Waals surface area (Å²) in [6.07, 6.45) is -10.5. The van der Waals surface area contributed by atoms with Crippen LogP contribution in [-0.4, -0.2) is 72.4 Å². The van der Waals surface area contributed by atoms with Crippen LogP contribution in [0.2, 0.25) is 0 Å². The lowest BCUT2D eigenvalue weighted by atomic mass is 10.0. The highest BCUT2D eigenvalue weighted by molar-refractivity contribution is 5.89. The number of hydrogen-bond donors (Lipinski definition) is 2. The molecule has 0 aromatic heterocycles. The third-order valence-electron chi connectivity index (χ3n) is 6.06. The summed E-state index contributed by atoms with van der Waals surface area (Å²) in [7, 11) is 0. The third-order valence-corrected chi connectivity index (χ3v) is 6.06. The minimum absolute atomic E-state index is 0.0747. The van der Waals surface area contributed by atoms with Crippen LogP contribution >= 0.6 is 0 Å². The molecule has 0 aliphatic heterocycles. The number of ether oxygens (including phenoxy) is 2. The molecule has 0 saturated heterocycles. The zero-order valence-corrected chi connectivity index (χ0v) is 22.7. The molecule has 0 fully saturated rings. The van der Waals surface area contributed by atoms with Gasteiger partial charge in [-0.2, -0.15) is 30.7 Å². The first kappa shape index (κ1) is 35.5. The van der Waals surface area contributed by atoms with Crippen LogP contribution < -0.4 is 10.1 Å². The summed E-state index contributed by atoms with van der Waals surface area (Å²) in [6, 6.07) is 7.40. The molecule has 0 aliphatic rings. The number of carbonyl (C=O) groups excluding carboxylic acids is 1. The Balaban J connectivity index is 2.03. The molecule has 0 bridgehead atoms. The van der Waals surface area contributed by atoms with Gasteiger partial charge in [0.1, 0.15) is 24.0 Å². The van der Waals surface area contributed by atoms with Crippen LogP contribution in [0.4, 0.5) is 50.0 Å². The van der Waals surface area contributed by atoms with E-state index in [1.165, 1.54) is 12.1 Å². The number of nitrogens with zero attached hydrogens (tertiary/aromatic N) is 1. The van der Waals surface area contributed by atoms with Crippen molar-refractivity contribution in [3.63, 3.8) is 0 Å². The maximum Gasteiger partial charge on any atom is 0.459 e. The first-order chi connectivity index (χ1) is 20.0. The second-order valence-electron chi connectivity index (χ2n) is 9.25. The Morgan fingerprint density at radius 1 is 0.953 bits per heavy atom. The van der Waals surface area contributed by atoms with Gasteiger partial charge in [-0.25, -0.2) is 18.4 Å². The highest BCUT2D eigenvalue weighted by Crippen LogP contribution is 2.48. The highest BCUT2D eigenvalue weighted by atomic mass is 19.4. The van der Waals surface area contributed by atoms with Crippen LogP contribution in [0.25, 0.3) is 0 Å². The first-order valence-electron chi connectivity index (χ1n) is 12.9. The number of rotatable bonds is 16. The van der Waals surface area contributed by atoms with E-state index in [0.29, 0.717) is 11.6 Å². The average Bonchev–Trinajstić information content (AvgIpc) is 2.91. The number of unbranched alkanes of at least 4 members (excludes halogenated alkanes) is 1. The van der Waals surface area contributed by atoms with Crippen molar-refractivity contribution < 1.29 is 63.7 Å². The minimum atomic E-state index is -6.46. The van der Waals surface area contributed by atoms with Gasteiger partial charge in [0.15, 0.2) is 6.10 Å². The van der Waals surface area contributed by atoms with Crippen molar-refractivity contribution in [3.05, 3.63) is 59.7 Å². The molecule has 2 aromatic carbocycles. The minimum Gasteiger partial charge on any atom is -0.492 e. The van der Waals surface area contributed by atoms with E-state index in [-0.39, 0.29) is 31.9 Å². The number of carbonyl (C=O) groups is 2. The van der Waals surface area contributed by atoms with Gasteiger partial charge in [0.2, 0.25) is 0 Å². The molecular weight excluding hydrogens is 603 g/mol. The number of amides is 2. The number of benzene rings is 2. The van der Waals surface area contributed by atoms with E-state index in [4.69, 9.17) is 9.47 Å². The van der Waals surface area contributed by atoms with Crippen LogP contribution in [0.3, 0.4) is 0 Å². The van der Waals surface area contributed by atoms with Crippen LogP contribution in [0, 0.1) is 11.6 Å². The Labute approximate surface area is 240 Å². The summed E-state index contributed by atoms with van der Waals surface area (Å²) < 4.78 is 129. The quantitative estimate of drug-likeness (QED) is 0.155. The molecule has 2 aromatic rings. The third kappa shape index (κ3) is 10.2. The van der Waals surface area contributed by atoms with Gasteiger partial charge in [-0.3, -0.25) is 0 Å². The molecule has 0 heterocycles. The predicted molar refractivity (Wildman–Crippen MR) is 135 cm³/mol. The van der Waals surface area contributed by atoms with Gasteiger partial charge in [0.25, 0.3) is 0 Å². The van der Waals surface area contributed by atoms with Gasteiger partial charge < -0.3 is 24.8 Å². The van der Waals surface area contributed by atoms with E-state index in [0.717, 1.165) is 17.0 Å². The normalized spacial score (nSPS) is 13.0. The maximum absolute atomic E-state index is 14.0. The second-order valence-corrected chi connectivity index (χ2v) is 9.25. The van der Waals surface area contributed by atoms with Crippen molar-refractivity contribution >= 4 is 17.7 Å². The lowest BCUT2D eigenvalue weighted by molar-refractivity contribution is -0.355. The molecule has 1 unspecified atom stereocenters. The van der Waals surface area contributed by atoms with Crippen LogP contribution in [0.1, 0.15) is 31.7 Å². The molecule has 0 aliphatic carbocycles. The van der Waals surface area contributed by atoms with Crippen molar-refractivity contribution in [2.24, 2.45) is 0 Å². The Hall–Kier alpha value is -3.69. The Morgan fingerprint density at radius 3 is 2.16 bits per heavy atom. The van der Waals surface area contributed by atoms with E-state index in [1.54, 1.807) is 19.1 Å². The lowest BCUT2D eigenvalue weighted by Crippen LogP contribution is -2.51. The smallest absolute Gasteiger partial charge is 0.459 e. The number of halogens is 9. The summed E-state index contributed by atoms with van der Waals surface area (Å²) in [5.74, 6) is -14.6. The van der Waals surface area contributed by atoms with E-state index in [1.807, 2.05) is 0 Å². The standard InChI is InChI=1S/C27H29F9N2O5/c1-2-42-22(23(39)40)15-17-5-8-19(9-6-17)43-14-13-38(24(41)37-21-10-7-18(28)16-20(21)29)12-4-3-11-25(30,31)26(32,33)27(34,35)36/h5-10,16,22H,2-4,11-15H2,1H3,(H,37,41)(H,39,40). The van der Waals surface area contributed by atoms with Crippen molar-refractivity contribution in [1.82, 2.24) is 4.90 Å². The number of nitrogens with one attached hydrogen (secondary N) is 1. The van der Waals surface area contributed by atoms with Crippen LogP contribution in [0.15, 0.2) is 42.5 Å². The molecule has 2 N–H and O–H groups in total. The molecule has 0 radical (unpaired) electrons. The van der Waals surface area contributed by atoms with Crippen LogP contribution in [0.5, 0.6) is 5.75 Å². The number of anilines is 1. The Kier molecular flexibility index (Phi) is 12.5. The van der Waals surface area contributed by atoms with E-state index < -0.39 is 79.3 Å².